The lowest BCUT2D eigenvalue weighted by Gasteiger charge is -2.46. The van der Waals surface area contributed by atoms with Crippen LogP contribution in [0.3, 0.4) is 0 Å². The van der Waals surface area contributed by atoms with Crippen LogP contribution in [0, 0.1) is 12.8 Å². The molecule has 14 heavy (non-hydrogen) atoms. The normalized spacial score (nSPS) is 31.2. The fraction of sp³-hybridized carbons (Fsp3) is 0.538. The Kier molecular flexibility index (Phi) is 2.36. The highest BCUT2D eigenvalue weighted by molar-refractivity contribution is 5.31. The molecule has 76 valence electrons. The van der Waals surface area contributed by atoms with Gasteiger partial charge in [-0.3, -0.25) is 0 Å². The fourth-order valence-electron chi connectivity index (χ4n) is 2.70. The van der Waals surface area contributed by atoms with Crippen molar-refractivity contribution in [1.82, 2.24) is 0 Å². The van der Waals surface area contributed by atoms with Gasteiger partial charge >= 0.3 is 0 Å². The minimum atomic E-state index is 0.299. The molecule has 1 aromatic rings. The SMILES string of the molecule is Cc1ccc(C2(CN)CC(C)C2)cc1. The molecule has 0 atom stereocenters. The van der Waals surface area contributed by atoms with Crippen LogP contribution in [0.15, 0.2) is 24.3 Å². The number of nitrogens with two attached hydrogens (primary N) is 1. The first kappa shape index (κ1) is 9.72. The minimum Gasteiger partial charge on any atom is -0.330 e. The topological polar surface area (TPSA) is 26.0 Å². The maximum Gasteiger partial charge on any atom is 0.00806 e. The van der Waals surface area contributed by atoms with Gasteiger partial charge in [0.15, 0.2) is 0 Å². The summed E-state index contributed by atoms with van der Waals surface area (Å²) in [6.45, 7) is 5.23. The molecule has 0 amide bonds. The van der Waals surface area contributed by atoms with E-state index >= 15 is 0 Å². The average molecular weight is 189 g/mol. The van der Waals surface area contributed by atoms with Gasteiger partial charge in [0.1, 0.15) is 0 Å². The molecule has 0 radical (unpaired) electrons. The first-order chi connectivity index (χ1) is 6.66. The zero-order chi connectivity index (χ0) is 10.2. The van der Waals surface area contributed by atoms with Crippen LogP contribution < -0.4 is 5.73 Å². The van der Waals surface area contributed by atoms with Crippen molar-refractivity contribution in [3.63, 3.8) is 0 Å². The van der Waals surface area contributed by atoms with Gasteiger partial charge in [0.2, 0.25) is 0 Å². The first-order valence-electron chi connectivity index (χ1n) is 5.43. The van der Waals surface area contributed by atoms with E-state index in [9.17, 15) is 0 Å². The molecule has 1 heteroatoms. The largest absolute Gasteiger partial charge is 0.330 e. The smallest absolute Gasteiger partial charge is 0.00806 e. The van der Waals surface area contributed by atoms with E-state index in [-0.39, 0.29) is 0 Å². The summed E-state index contributed by atoms with van der Waals surface area (Å²) in [6, 6.07) is 8.87. The molecule has 1 aromatic carbocycles. The third-order valence-corrected chi connectivity index (χ3v) is 3.53. The van der Waals surface area contributed by atoms with Gasteiger partial charge in [0.25, 0.3) is 0 Å². The Labute approximate surface area is 86.3 Å². The Morgan fingerprint density at radius 1 is 1.29 bits per heavy atom. The number of hydrogen-bond acceptors (Lipinski definition) is 1. The van der Waals surface area contributed by atoms with Crippen LogP contribution in [0.25, 0.3) is 0 Å². The summed E-state index contributed by atoms with van der Waals surface area (Å²) in [7, 11) is 0. The second kappa shape index (κ2) is 3.39. The lowest BCUT2D eigenvalue weighted by molar-refractivity contribution is 0.165. The number of aryl methyl sites for hydroxylation is 1. The fourth-order valence-corrected chi connectivity index (χ4v) is 2.70. The van der Waals surface area contributed by atoms with Gasteiger partial charge in [-0.05, 0) is 31.2 Å². The summed E-state index contributed by atoms with van der Waals surface area (Å²) in [5, 5.41) is 0. The van der Waals surface area contributed by atoms with E-state index < -0.39 is 0 Å². The van der Waals surface area contributed by atoms with Gasteiger partial charge < -0.3 is 5.73 Å². The van der Waals surface area contributed by atoms with Gasteiger partial charge in [0.05, 0.1) is 0 Å². The number of rotatable bonds is 2. The van der Waals surface area contributed by atoms with Crippen LogP contribution in [-0.2, 0) is 5.41 Å². The molecule has 0 heterocycles. The van der Waals surface area contributed by atoms with Crippen molar-refractivity contribution in [2.75, 3.05) is 6.54 Å². The predicted octanol–water partition coefficient (Wildman–Crippen LogP) is 2.62. The van der Waals surface area contributed by atoms with E-state index in [1.165, 1.54) is 24.0 Å². The maximum atomic E-state index is 5.90. The van der Waals surface area contributed by atoms with E-state index in [2.05, 4.69) is 38.1 Å². The van der Waals surface area contributed by atoms with Crippen molar-refractivity contribution in [3.05, 3.63) is 35.4 Å². The molecular formula is C13H19N. The molecule has 1 nitrogen and oxygen atoms in total. The quantitative estimate of drug-likeness (QED) is 0.760. The lowest BCUT2D eigenvalue weighted by Crippen LogP contribution is -2.46. The van der Waals surface area contributed by atoms with Crippen LogP contribution in [-0.4, -0.2) is 6.54 Å². The molecule has 0 aromatic heterocycles. The molecule has 2 N–H and O–H groups in total. The van der Waals surface area contributed by atoms with Crippen molar-refractivity contribution in [1.29, 1.82) is 0 Å². The van der Waals surface area contributed by atoms with E-state index in [1.54, 1.807) is 0 Å². The molecule has 2 rings (SSSR count). The zero-order valence-corrected chi connectivity index (χ0v) is 9.09. The van der Waals surface area contributed by atoms with Crippen molar-refractivity contribution < 1.29 is 0 Å². The molecule has 0 spiro atoms. The van der Waals surface area contributed by atoms with Crippen molar-refractivity contribution in [3.8, 4) is 0 Å². The third kappa shape index (κ3) is 1.46. The lowest BCUT2D eigenvalue weighted by atomic mass is 9.59. The van der Waals surface area contributed by atoms with Gasteiger partial charge in [-0.25, -0.2) is 0 Å². The van der Waals surface area contributed by atoms with Crippen molar-refractivity contribution in [2.24, 2.45) is 11.7 Å². The van der Waals surface area contributed by atoms with Gasteiger partial charge in [-0.1, -0.05) is 36.8 Å². The predicted molar refractivity (Wildman–Crippen MR) is 60.3 cm³/mol. The molecule has 1 aliphatic carbocycles. The maximum absolute atomic E-state index is 5.90. The Morgan fingerprint density at radius 2 is 1.86 bits per heavy atom. The average Bonchev–Trinajstić information content (AvgIpc) is 2.14. The summed E-state index contributed by atoms with van der Waals surface area (Å²) in [6.07, 6.45) is 2.51. The Balaban J connectivity index is 2.25. The molecule has 0 bridgehead atoms. The third-order valence-electron chi connectivity index (χ3n) is 3.53. The molecule has 0 aliphatic heterocycles. The van der Waals surface area contributed by atoms with Crippen molar-refractivity contribution in [2.45, 2.75) is 32.1 Å². The summed E-state index contributed by atoms with van der Waals surface area (Å²) in [5.74, 6) is 0.847. The summed E-state index contributed by atoms with van der Waals surface area (Å²) in [4.78, 5) is 0. The van der Waals surface area contributed by atoms with Crippen LogP contribution in [0.2, 0.25) is 0 Å². The van der Waals surface area contributed by atoms with Gasteiger partial charge in [-0.2, -0.15) is 0 Å². The first-order valence-corrected chi connectivity index (χ1v) is 5.43. The standard InChI is InChI=1S/C13H19N/c1-10-3-5-12(6-4-10)13(9-14)7-11(2)8-13/h3-6,11H,7-9,14H2,1-2H3. The molecule has 1 saturated carbocycles. The van der Waals surface area contributed by atoms with E-state index in [0.717, 1.165) is 12.5 Å². The molecular weight excluding hydrogens is 170 g/mol. The number of hydrogen-bond donors (Lipinski definition) is 1. The van der Waals surface area contributed by atoms with Crippen LogP contribution in [0.5, 0.6) is 0 Å². The summed E-state index contributed by atoms with van der Waals surface area (Å²) < 4.78 is 0. The summed E-state index contributed by atoms with van der Waals surface area (Å²) >= 11 is 0. The Morgan fingerprint density at radius 3 is 2.29 bits per heavy atom. The second-order valence-electron chi connectivity index (χ2n) is 4.86. The second-order valence-corrected chi connectivity index (χ2v) is 4.86. The highest BCUT2D eigenvalue weighted by Crippen LogP contribution is 2.46. The van der Waals surface area contributed by atoms with E-state index in [1.807, 2.05) is 0 Å². The van der Waals surface area contributed by atoms with Crippen LogP contribution in [0.4, 0.5) is 0 Å². The molecule has 1 fully saturated rings. The Hall–Kier alpha value is -0.820. The van der Waals surface area contributed by atoms with Gasteiger partial charge in [-0.15, -0.1) is 0 Å². The van der Waals surface area contributed by atoms with Gasteiger partial charge in [0, 0.05) is 12.0 Å². The van der Waals surface area contributed by atoms with Crippen molar-refractivity contribution >= 4 is 0 Å². The minimum absolute atomic E-state index is 0.299. The molecule has 0 unspecified atom stereocenters. The summed E-state index contributed by atoms with van der Waals surface area (Å²) in [5.41, 5.74) is 8.96. The highest BCUT2D eigenvalue weighted by Gasteiger charge is 2.41. The monoisotopic (exact) mass is 189 g/mol. The van der Waals surface area contributed by atoms with E-state index in [0.29, 0.717) is 5.41 Å². The highest BCUT2D eigenvalue weighted by atomic mass is 14.6. The Bertz CT molecular complexity index is 307. The van der Waals surface area contributed by atoms with Crippen LogP contribution in [0.1, 0.15) is 30.9 Å². The molecule has 0 saturated heterocycles. The van der Waals surface area contributed by atoms with E-state index in [4.69, 9.17) is 5.73 Å². The van der Waals surface area contributed by atoms with Crippen LogP contribution >= 0.6 is 0 Å². The molecule has 1 aliphatic rings. The number of benzene rings is 1. The zero-order valence-electron chi connectivity index (χ0n) is 9.09.